The molecule has 1 aliphatic rings. The quantitative estimate of drug-likeness (QED) is 0.885. The van der Waals surface area contributed by atoms with Crippen LogP contribution in [0, 0.1) is 5.92 Å². The number of carbonyl (C=O) groups excluding carboxylic acids is 1. The van der Waals surface area contributed by atoms with Crippen LogP contribution in [-0.4, -0.2) is 17.6 Å². The van der Waals surface area contributed by atoms with Gasteiger partial charge in [0.15, 0.2) is 0 Å². The Morgan fingerprint density at radius 3 is 2.71 bits per heavy atom. The smallest absolute Gasteiger partial charge is 0.223 e. The first-order chi connectivity index (χ1) is 10.3. The highest BCUT2D eigenvalue weighted by atomic mass is 16.3. The minimum atomic E-state index is -0.544. The number of rotatable bonds is 5. The van der Waals surface area contributed by atoms with E-state index in [9.17, 15) is 9.90 Å². The molecule has 0 radical (unpaired) electrons. The van der Waals surface area contributed by atoms with Gasteiger partial charge in [0.2, 0.25) is 5.91 Å². The fourth-order valence-corrected chi connectivity index (χ4v) is 2.84. The van der Waals surface area contributed by atoms with Crippen molar-refractivity contribution in [2.75, 3.05) is 6.54 Å². The number of amides is 1. The Balaban J connectivity index is 1.61. The zero-order chi connectivity index (χ0) is 14.7. The summed E-state index contributed by atoms with van der Waals surface area (Å²) < 4.78 is 0. The fourth-order valence-electron chi connectivity index (χ4n) is 2.84. The van der Waals surface area contributed by atoms with Gasteiger partial charge in [0.25, 0.3) is 0 Å². The Morgan fingerprint density at radius 1 is 1.19 bits per heavy atom. The predicted octanol–water partition coefficient (Wildman–Crippen LogP) is 3.18. The zero-order valence-corrected chi connectivity index (χ0v) is 12.1. The molecule has 1 saturated carbocycles. The van der Waals surface area contributed by atoms with Crippen molar-refractivity contribution >= 4 is 16.7 Å². The van der Waals surface area contributed by atoms with E-state index >= 15 is 0 Å². The third-order valence-corrected chi connectivity index (χ3v) is 4.38. The number of benzene rings is 2. The van der Waals surface area contributed by atoms with E-state index in [1.165, 1.54) is 0 Å². The summed E-state index contributed by atoms with van der Waals surface area (Å²) in [7, 11) is 0. The van der Waals surface area contributed by atoms with Crippen molar-refractivity contribution in [1.29, 1.82) is 0 Å². The second-order valence-corrected chi connectivity index (χ2v) is 5.79. The number of aliphatic hydroxyl groups is 1. The van der Waals surface area contributed by atoms with E-state index in [0.29, 0.717) is 13.0 Å². The predicted molar refractivity (Wildman–Crippen MR) is 83.9 cm³/mol. The van der Waals surface area contributed by atoms with Gasteiger partial charge >= 0.3 is 0 Å². The van der Waals surface area contributed by atoms with Crippen LogP contribution >= 0.6 is 0 Å². The van der Waals surface area contributed by atoms with Gasteiger partial charge in [0.1, 0.15) is 0 Å². The van der Waals surface area contributed by atoms with Crippen LogP contribution in [0.25, 0.3) is 10.8 Å². The van der Waals surface area contributed by atoms with E-state index in [1.54, 1.807) is 0 Å². The molecule has 2 aromatic carbocycles. The lowest BCUT2D eigenvalue weighted by Gasteiger charge is -2.24. The van der Waals surface area contributed by atoms with Crippen LogP contribution in [0.3, 0.4) is 0 Å². The van der Waals surface area contributed by atoms with E-state index in [-0.39, 0.29) is 11.8 Å². The molecule has 1 amide bonds. The SMILES string of the molecule is O=C(NCCC(O)c1cccc2ccccc12)C1CCC1. The minimum absolute atomic E-state index is 0.145. The van der Waals surface area contributed by atoms with Gasteiger partial charge in [0.05, 0.1) is 6.10 Å². The summed E-state index contributed by atoms with van der Waals surface area (Å²) in [6, 6.07) is 14.0. The van der Waals surface area contributed by atoms with Crippen molar-refractivity contribution < 1.29 is 9.90 Å². The maximum atomic E-state index is 11.8. The van der Waals surface area contributed by atoms with Gasteiger partial charge in [0, 0.05) is 12.5 Å². The topological polar surface area (TPSA) is 49.3 Å². The van der Waals surface area contributed by atoms with Crippen LogP contribution in [0.1, 0.15) is 37.4 Å². The molecule has 3 rings (SSSR count). The molecule has 1 aliphatic carbocycles. The molecule has 0 saturated heterocycles. The third-order valence-electron chi connectivity index (χ3n) is 4.38. The highest BCUT2D eigenvalue weighted by Gasteiger charge is 2.24. The summed E-state index contributed by atoms with van der Waals surface area (Å²) in [5, 5.41) is 15.5. The Hall–Kier alpha value is -1.87. The average molecular weight is 283 g/mol. The average Bonchev–Trinajstić information content (AvgIpc) is 2.44. The Bertz CT molecular complexity index is 629. The molecule has 0 heterocycles. The lowest BCUT2D eigenvalue weighted by Crippen LogP contribution is -2.35. The van der Waals surface area contributed by atoms with E-state index in [1.807, 2.05) is 42.5 Å². The van der Waals surface area contributed by atoms with Crippen LogP contribution in [0.2, 0.25) is 0 Å². The summed E-state index contributed by atoms with van der Waals surface area (Å²) in [5.41, 5.74) is 0.936. The monoisotopic (exact) mass is 283 g/mol. The van der Waals surface area contributed by atoms with Crippen molar-refractivity contribution in [2.24, 2.45) is 5.92 Å². The van der Waals surface area contributed by atoms with Crippen LogP contribution in [0.15, 0.2) is 42.5 Å². The molecular formula is C18H21NO2. The lowest BCUT2D eigenvalue weighted by molar-refractivity contribution is -0.127. The summed E-state index contributed by atoms with van der Waals surface area (Å²) in [4.78, 5) is 11.8. The van der Waals surface area contributed by atoms with Crippen LogP contribution < -0.4 is 5.32 Å². The zero-order valence-electron chi connectivity index (χ0n) is 12.1. The van der Waals surface area contributed by atoms with Crippen molar-refractivity contribution in [3.63, 3.8) is 0 Å². The highest BCUT2D eigenvalue weighted by molar-refractivity contribution is 5.86. The Morgan fingerprint density at radius 2 is 1.95 bits per heavy atom. The van der Waals surface area contributed by atoms with Gasteiger partial charge in [-0.25, -0.2) is 0 Å². The second-order valence-electron chi connectivity index (χ2n) is 5.79. The van der Waals surface area contributed by atoms with Gasteiger partial charge in [-0.15, -0.1) is 0 Å². The van der Waals surface area contributed by atoms with E-state index in [0.717, 1.165) is 35.6 Å². The molecule has 0 spiro atoms. The number of aliphatic hydroxyl groups excluding tert-OH is 1. The maximum absolute atomic E-state index is 11.8. The number of hydrogen-bond acceptors (Lipinski definition) is 2. The summed E-state index contributed by atoms with van der Waals surface area (Å²) in [5.74, 6) is 0.353. The minimum Gasteiger partial charge on any atom is -0.388 e. The molecular weight excluding hydrogens is 262 g/mol. The molecule has 3 heteroatoms. The molecule has 2 aromatic rings. The number of nitrogens with one attached hydrogen (secondary N) is 1. The molecule has 3 nitrogen and oxygen atoms in total. The number of fused-ring (bicyclic) bond motifs is 1. The molecule has 2 N–H and O–H groups in total. The second kappa shape index (κ2) is 6.27. The first kappa shape index (κ1) is 14.1. The maximum Gasteiger partial charge on any atom is 0.223 e. The molecule has 110 valence electrons. The first-order valence-electron chi connectivity index (χ1n) is 7.69. The fraction of sp³-hybridized carbons (Fsp3) is 0.389. The first-order valence-corrected chi connectivity index (χ1v) is 7.69. The van der Waals surface area contributed by atoms with E-state index in [4.69, 9.17) is 0 Å². The number of carbonyl (C=O) groups is 1. The number of hydrogen-bond donors (Lipinski definition) is 2. The Labute approximate surface area is 125 Å². The normalized spacial score (nSPS) is 16.4. The van der Waals surface area contributed by atoms with E-state index in [2.05, 4.69) is 5.32 Å². The molecule has 0 bridgehead atoms. The van der Waals surface area contributed by atoms with Gasteiger partial charge in [-0.05, 0) is 35.6 Å². The summed E-state index contributed by atoms with van der Waals surface area (Å²) in [6.45, 7) is 0.528. The molecule has 1 fully saturated rings. The van der Waals surface area contributed by atoms with Gasteiger partial charge in [-0.2, -0.15) is 0 Å². The van der Waals surface area contributed by atoms with Crippen molar-refractivity contribution in [3.05, 3.63) is 48.0 Å². The standard InChI is InChI=1S/C18H21NO2/c20-17(11-12-19-18(21)14-7-3-8-14)16-10-4-6-13-5-1-2-9-15(13)16/h1-2,4-6,9-10,14,17,20H,3,7-8,11-12H2,(H,19,21). The van der Waals surface area contributed by atoms with Crippen molar-refractivity contribution in [2.45, 2.75) is 31.8 Å². The van der Waals surface area contributed by atoms with Crippen LogP contribution in [-0.2, 0) is 4.79 Å². The molecule has 0 aliphatic heterocycles. The molecule has 1 atom stereocenters. The van der Waals surface area contributed by atoms with Gasteiger partial charge in [-0.1, -0.05) is 48.9 Å². The van der Waals surface area contributed by atoms with E-state index < -0.39 is 6.10 Å². The Kier molecular flexibility index (Phi) is 4.20. The lowest BCUT2D eigenvalue weighted by atomic mass is 9.85. The van der Waals surface area contributed by atoms with Crippen LogP contribution in [0.5, 0.6) is 0 Å². The van der Waals surface area contributed by atoms with Crippen molar-refractivity contribution in [3.8, 4) is 0 Å². The third kappa shape index (κ3) is 3.08. The summed E-state index contributed by atoms with van der Waals surface area (Å²) in [6.07, 6.45) is 3.19. The molecule has 1 unspecified atom stereocenters. The highest BCUT2D eigenvalue weighted by Crippen LogP contribution is 2.27. The molecule has 21 heavy (non-hydrogen) atoms. The summed E-state index contributed by atoms with van der Waals surface area (Å²) >= 11 is 0. The molecule has 0 aromatic heterocycles. The van der Waals surface area contributed by atoms with Gasteiger partial charge < -0.3 is 10.4 Å². The largest absolute Gasteiger partial charge is 0.388 e. The van der Waals surface area contributed by atoms with Gasteiger partial charge in [-0.3, -0.25) is 4.79 Å². The van der Waals surface area contributed by atoms with Crippen LogP contribution in [0.4, 0.5) is 0 Å². The van der Waals surface area contributed by atoms with Crippen molar-refractivity contribution in [1.82, 2.24) is 5.32 Å².